The quantitative estimate of drug-likeness (QED) is 0.595. The Morgan fingerprint density at radius 2 is 1.71 bits per heavy atom. The topological polar surface area (TPSA) is 36.0 Å². The first kappa shape index (κ1) is 21.2. The van der Waals surface area contributed by atoms with Crippen LogP contribution in [0.2, 0.25) is 0 Å². The van der Waals surface area contributed by atoms with Crippen molar-refractivity contribution in [3.05, 3.63) is 66.7 Å². The number of hydrogen-bond acceptors (Lipinski definition) is 4. The lowest BCUT2D eigenvalue weighted by Crippen LogP contribution is -2.54. The van der Waals surface area contributed by atoms with Gasteiger partial charge >= 0.3 is 0 Å². The minimum absolute atomic E-state index is 0.161. The molecule has 0 saturated carbocycles. The summed E-state index contributed by atoms with van der Waals surface area (Å²) in [4.78, 5) is 20.1. The third-order valence-corrected chi connectivity index (χ3v) is 6.28. The van der Waals surface area contributed by atoms with E-state index < -0.39 is 0 Å². The summed E-state index contributed by atoms with van der Waals surface area (Å²) >= 11 is 0. The number of rotatable bonds is 6. The highest BCUT2D eigenvalue weighted by Crippen LogP contribution is 2.28. The Balaban J connectivity index is 1.46. The molecule has 5 nitrogen and oxygen atoms in total. The van der Waals surface area contributed by atoms with E-state index in [-0.39, 0.29) is 11.9 Å². The van der Waals surface area contributed by atoms with Crippen LogP contribution in [0.4, 0.5) is 11.4 Å². The first-order valence-corrected chi connectivity index (χ1v) is 11.0. The Morgan fingerprint density at radius 3 is 2.45 bits per heavy atom. The molecule has 5 heteroatoms. The number of methoxy groups -OCH3 is 1. The van der Waals surface area contributed by atoms with Gasteiger partial charge < -0.3 is 14.5 Å². The standard InChI is InChI=1S/C26H31N3O2/c1-4-29(25-14-7-10-21-9-5-6-13-24(21)25)26(30)20(2)27-15-17-28(18-16-27)22-11-8-12-23(19-22)31-3/h5-14,19-20H,4,15-18H2,1-3H3/t20-/m1/s1. The number of hydrogen-bond donors (Lipinski definition) is 0. The van der Waals surface area contributed by atoms with Gasteiger partial charge in [0.25, 0.3) is 0 Å². The fourth-order valence-corrected chi connectivity index (χ4v) is 4.44. The molecule has 0 N–H and O–H groups in total. The number of ether oxygens (including phenoxy) is 1. The Kier molecular flexibility index (Phi) is 6.42. The molecule has 1 amide bonds. The zero-order chi connectivity index (χ0) is 21.8. The van der Waals surface area contributed by atoms with E-state index in [9.17, 15) is 4.79 Å². The summed E-state index contributed by atoms with van der Waals surface area (Å²) in [5.41, 5.74) is 2.16. The van der Waals surface area contributed by atoms with Crippen LogP contribution in [0.25, 0.3) is 10.8 Å². The normalized spacial score (nSPS) is 15.6. The third kappa shape index (κ3) is 4.37. The van der Waals surface area contributed by atoms with Crippen LogP contribution in [-0.4, -0.2) is 56.7 Å². The highest BCUT2D eigenvalue weighted by molar-refractivity contribution is 6.05. The van der Waals surface area contributed by atoms with Crippen LogP contribution in [0.5, 0.6) is 5.75 Å². The molecule has 1 atom stereocenters. The number of carbonyl (C=O) groups is 1. The maximum Gasteiger partial charge on any atom is 0.244 e. The second-order valence-corrected chi connectivity index (χ2v) is 7.98. The van der Waals surface area contributed by atoms with E-state index in [1.54, 1.807) is 7.11 Å². The summed E-state index contributed by atoms with van der Waals surface area (Å²) in [6.45, 7) is 8.25. The second kappa shape index (κ2) is 9.40. The van der Waals surface area contributed by atoms with Crippen LogP contribution in [-0.2, 0) is 4.79 Å². The SMILES string of the molecule is CCN(C(=O)[C@@H](C)N1CCN(c2cccc(OC)c2)CC1)c1cccc2ccccc12. The van der Waals surface area contributed by atoms with Crippen molar-refractivity contribution >= 4 is 28.1 Å². The molecule has 0 unspecified atom stereocenters. The van der Waals surface area contributed by atoms with Crippen molar-refractivity contribution in [3.63, 3.8) is 0 Å². The summed E-state index contributed by atoms with van der Waals surface area (Å²) in [5.74, 6) is 1.03. The smallest absolute Gasteiger partial charge is 0.244 e. The molecule has 1 saturated heterocycles. The van der Waals surface area contributed by atoms with E-state index in [1.165, 1.54) is 5.69 Å². The molecule has 1 heterocycles. The second-order valence-electron chi connectivity index (χ2n) is 7.98. The van der Waals surface area contributed by atoms with Crippen molar-refractivity contribution in [2.75, 3.05) is 49.6 Å². The van der Waals surface area contributed by atoms with E-state index in [0.29, 0.717) is 6.54 Å². The van der Waals surface area contributed by atoms with Crippen molar-refractivity contribution in [3.8, 4) is 5.75 Å². The van der Waals surface area contributed by atoms with Crippen LogP contribution in [0.1, 0.15) is 13.8 Å². The number of fused-ring (bicyclic) bond motifs is 1. The van der Waals surface area contributed by atoms with Crippen molar-refractivity contribution in [2.45, 2.75) is 19.9 Å². The molecule has 0 bridgehead atoms. The van der Waals surface area contributed by atoms with E-state index in [4.69, 9.17) is 4.74 Å². The fourth-order valence-electron chi connectivity index (χ4n) is 4.44. The number of likely N-dealkylation sites (N-methyl/N-ethyl adjacent to an activating group) is 1. The average Bonchev–Trinajstić information content (AvgIpc) is 2.84. The molecule has 1 aliphatic rings. The molecular formula is C26H31N3O2. The number of benzene rings is 3. The average molecular weight is 418 g/mol. The van der Waals surface area contributed by atoms with Crippen molar-refractivity contribution < 1.29 is 9.53 Å². The summed E-state index contributed by atoms with van der Waals surface area (Å²) in [5, 5.41) is 2.28. The molecule has 31 heavy (non-hydrogen) atoms. The minimum Gasteiger partial charge on any atom is -0.497 e. The number of piperazine rings is 1. The molecule has 0 radical (unpaired) electrons. The largest absolute Gasteiger partial charge is 0.497 e. The van der Waals surface area contributed by atoms with Crippen LogP contribution >= 0.6 is 0 Å². The lowest BCUT2D eigenvalue weighted by atomic mass is 10.1. The Bertz CT molecular complexity index is 1040. The zero-order valence-corrected chi connectivity index (χ0v) is 18.6. The lowest BCUT2D eigenvalue weighted by molar-refractivity contribution is -0.123. The van der Waals surface area contributed by atoms with Crippen molar-refractivity contribution in [2.24, 2.45) is 0 Å². The van der Waals surface area contributed by atoms with Gasteiger partial charge in [-0.3, -0.25) is 9.69 Å². The highest BCUT2D eigenvalue weighted by Gasteiger charge is 2.29. The van der Waals surface area contributed by atoms with Gasteiger partial charge in [0.2, 0.25) is 5.91 Å². The lowest BCUT2D eigenvalue weighted by Gasteiger charge is -2.40. The Hall–Kier alpha value is -3.05. The number of nitrogens with zero attached hydrogens (tertiary/aromatic N) is 3. The van der Waals surface area contributed by atoms with Crippen LogP contribution in [0.15, 0.2) is 66.7 Å². The van der Waals surface area contributed by atoms with Gasteiger partial charge in [0, 0.05) is 49.9 Å². The summed E-state index contributed by atoms with van der Waals surface area (Å²) in [7, 11) is 1.69. The first-order valence-electron chi connectivity index (χ1n) is 11.0. The van der Waals surface area contributed by atoms with Crippen molar-refractivity contribution in [1.82, 2.24) is 4.90 Å². The Labute approximate surface area is 184 Å². The van der Waals surface area contributed by atoms with Crippen LogP contribution in [0.3, 0.4) is 0 Å². The number of amides is 1. The van der Waals surface area contributed by atoms with Gasteiger partial charge in [-0.25, -0.2) is 0 Å². The van der Waals surface area contributed by atoms with E-state index >= 15 is 0 Å². The van der Waals surface area contributed by atoms with E-state index in [2.05, 4.69) is 46.2 Å². The van der Waals surface area contributed by atoms with Crippen LogP contribution < -0.4 is 14.5 Å². The summed E-state index contributed by atoms with van der Waals surface area (Å²) in [6.07, 6.45) is 0. The zero-order valence-electron chi connectivity index (χ0n) is 18.6. The van der Waals surface area contributed by atoms with E-state index in [0.717, 1.165) is 48.4 Å². The molecule has 0 spiro atoms. The monoisotopic (exact) mass is 417 g/mol. The summed E-state index contributed by atoms with van der Waals surface area (Å²) in [6, 6.07) is 22.5. The van der Waals surface area contributed by atoms with E-state index in [1.807, 2.05) is 49.1 Å². The number of anilines is 2. The molecular weight excluding hydrogens is 386 g/mol. The van der Waals surface area contributed by atoms with Gasteiger partial charge in [-0.1, -0.05) is 42.5 Å². The summed E-state index contributed by atoms with van der Waals surface area (Å²) < 4.78 is 5.36. The number of carbonyl (C=O) groups excluding carboxylic acids is 1. The highest BCUT2D eigenvalue weighted by atomic mass is 16.5. The molecule has 1 fully saturated rings. The van der Waals surface area contributed by atoms with Gasteiger partial charge in [-0.2, -0.15) is 0 Å². The first-order chi connectivity index (χ1) is 15.1. The minimum atomic E-state index is -0.161. The molecule has 4 rings (SSSR count). The van der Waals surface area contributed by atoms with Gasteiger partial charge in [-0.15, -0.1) is 0 Å². The fraction of sp³-hybridized carbons (Fsp3) is 0.346. The molecule has 1 aliphatic heterocycles. The van der Waals surface area contributed by atoms with Gasteiger partial charge in [0.1, 0.15) is 5.75 Å². The van der Waals surface area contributed by atoms with Gasteiger partial charge in [0.15, 0.2) is 0 Å². The molecule has 162 valence electrons. The third-order valence-electron chi connectivity index (χ3n) is 6.28. The van der Waals surface area contributed by atoms with Gasteiger partial charge in [0.05, 0.1) is 18.8 Å². The molecule has 3 aromatic carbocycles. The predicted molar refractivity (Wildman–Crippen MR) is 128 cm³/mol. The molecule has 3 aromatic rings. The maximum atomic E-state index is 13.5. The molecule has 0 aromatic heterocycles. The van der Waals surface area contributed by atoms with Gasteiger partial charge in [-0.05, 0) is 37.4 Å². The predicted octanol–water partition coefficient (Wildman–Crippen LogP) is 4.41. The maximum absolute atomic E-state index is 13.5. The van der Waals surface area contributed by atoms with Crippen molar-refractivity contribution in [1.29, 1.82) is 0 Å². The molecule has 0 aliphatic carbocycles. The van der Waals surface area contributed by atoms with Crippen LogP contribution in [0, 0.1) is 0 Å². The Morgan fingerprint density at radius 1 is 1.00 bits per heavy atom.